The molecule has 130 valence electrons. The number of anilines is 1. The zero-order chi connectivity index (χ0) is 17.9. The van der Waals surface area contributed by atoms with E-state index in [0.29, 0.717) is 21.4 Å². The Labute approximate surface area is 148 Å². The monoisotopic (exact) mass is 399 g/mol. The maximum atomic E-state index is 14.1. The first-order valence-corrected chi connectivity index (χ1v) is 8.26. The summed E-state index contributed by atoms with van der Waals surface area (Å²) in [5.41, 5.74) is 1.09. The van der Waals surface area contributed by atoms with Gasteiger partial charge >= 0.3 is 12.0 Å². The van der Waals surface area contributed by atoms with E-state index in [1.54, 1.807) is 37.9 Å². The molecular formula is C16H19BrFN3O3. The zero-order valence-corrected chi connectivity index (χ0v) is 15.2. The third-order valence-corrected chi connectivity index (χ3v) is 4.08. The molecule has 1 aliphatic rings. The van der Waals surface area contributed by atoms with Crippen LogP contribution in [0.25, 0.3) is 0 Å². The van der Waals surface area contributed by atoms with E-state index in [2.05, 4.69) is 26.6 Å². The number of halogens is 2. The molecule has 1 aromatic carbocycles. The first kappa shape index (κ1) is 18.3. The van der Waals surface area contributed by atoms with Crippen molar-refractivity contribution >= 4 is 33.6 Å². The Morgan fingerprint density at radius 3 is 2.79 bits per heavy atom. The number of amides is 2. The first-order valence-electron chi connectivity index (χ1n) is 7.47. The van der Waals surface area contributed by atoms with Crippen LogP contribution in [0.15, 0.2) is 33.9 Å². The second-order valence-corrected chi connectivity index (χ2v) is 6.30. The molecule has 0 unspecified atom stereocenters. The van der Waals surface area contributed by atoms with Crippen LogP contribution in [0.1, 0.15) is 13.8 Å². The molecule has 2 amide bonds. The van der Waals surface area contributed by atoms with Gasteiger partial charge in [-0.15, -0.1) is 0 Å². The van der Waals surface area contributed by atoms with Gasteiger partial charge in [-0.1, -0.05) is 15.9 Å². The van der Waals surface area contributed by atoms with Gasteiger partial charge in [0.1, 0.15) is 5.82 Å². The van der Waals surface area contributed by atoms with Crippen LogP contribution in [0.4, 0.5) is 14.9 Å². The molecule has 1 aromatic rings. The fourth-order valence-corrected chi connectivity index (χ4v) is 2.85. The lowest BCUT2D eigenvalue weighted by atomic mass is 10.0. The Morgan fingerprint density at radius 1 is 1.46 bits per heavy atom. The van der Waals surface area contributed by atoms with Crippen LogP contribution >= 0.6 is 15.9 Å². The van der Waals surface area contributed by atoms with Crippen molar-refractivity contribution in [3.05, 3.63) is 39.8 Å². The minimum absolute atomic E-state index is 0.157. The van der Waals surface area contributed by atoms with Gasteiger partial charge in [-0.2, -0.15) is 0 Å². The van der Waals surface area contributed by atoms with Crippen molar-refractivity contribution in [1.82, 2.24) is 10.6 Å². The van der Waals surface area contributed by atoms with E-state index in [9.17, 15) is 14.0 Å². The third kappa shape index (κ3) is 4.05. The number of benzene rings is 1. The molecule has 8 heteroatoms. The lowest BCUT2D eigenvalue weighted by Gasteiger charge is -2.29. The molecule has 0 saturated heterocycles. The Hall–Kier alpha value is -2.09. The predicted molar refractivity (Wildman–Crippen MR) is 92.2 cm³/mol. The van der Waals surface area contributed by atoms with Crippen LogP contribution < -0.4 is 15.5 Å². The van der Waals surface area contributed by atoms with Crippen LogP contribution in [0.2, 0.25) is 0 Å². The smallest absolute Gasteiger partial charge is 0.337 e. The minimum atomic E-state index is -0.503. The third-order valence-electron chi connectivity index (χ3n) is 3.58. The number of nitrogens with zero attached hydrogens (tertiary/aromatic N) is 1. The molecule has 1 aliphatic heterocycles. The summed E-state index contributed by atoms with van der Waals surface area (Å²) >= 11 is 3.21. The topological polar surface area (TPSA) is 70.7 Å². The standard InChI is InChI=1S/C16H19BrFN3O3/c1-4-24-15(22)14-9(2)19-16(23)20-12(14)8-21(3)13-6-5-10(17)7-11(13)18/h5-7,9H,4,8H2,1-3H3,(H2,19,20,23)/t9-/m0/s1. The van der Waals surface area contributed by atoms with Crippen molar-refractivity contribution in [2.75, 3.05) is 25.1 Å². The van der Waals surface area contributed by atoms with Gasteiger partial charge in [0, 0.05) is 11.5 Å². The SMILES string of the molecule is CCOC(=O)C1=C(CN(C)c2ccc(Br)cc2F)NC(=O)N[C@H]1C. The summed E-state index contributed by atoms with van der Waals surface area (Å²) in [6.45, 7) is 3.80. The molecule has 1 atom stereocenters. The maximum absolute atomic E-state index is 14.1. The molecule has 2 N–H and O–H groups in total. The second kappa shape index (κ2) is 7.65. The maximum Gasteiger partial charge on any atom is 0.337 e. The van der Waals surface area contributed by atoms with Crippen LogP contribution in [0, 0.1) is 5.82 Å². The number of ether oxygens (including phenoxy) is 1. The fraction of sp³-hybridized carbons (Fsp3) is 0.375. The van der Waals surface area contributed by atoms with E-state index in [-0.39, 0.29) is 13.2 Å². The number of esters is 1. The highest BCUT2D eigenvalue weighted by Gasteiger charge is 2.30. The quantitative estimate of drug-likeness (QED) is 0.746. The van der Waals surface area contributed by atoms with Crippen LogP contribution in [0.5, 0.6) is 0 Å². The highest BCUT2D eigenvalue weighted by atomic mass is 79.9. The largest absolute Gasteiger partial charge is 0.463 e. The number of hydrogen-bond donors (Lipinski definition) is 2. The highest BCUT2D eigenvalue weighted by Crippen LogP contribution is 2.24. The lowest BCUT2D eigenvalue weighted by Crippen LogP contribution is -2.51. The van der Waals surface area contributed by atoms with E-state index in [0.717, 1.165) is 0 Å². The molecule has 0 bridgehead atoms. The minimum Gasteiger partial charge on any atom is -0.463 e. The number of nitrogens with one attached hydrogen (secondary N) is 2. The van der Waals surface area contributed by atoms with Crippen LogP contribution in [-0.4, -0.2) is 38.2 Å². The molecule has 1 heterocycles. The summed E-state index contributed by atoms with van der Waals surface area (Å²) in [4.78, 5) is 25.5. The zero-order valence-electron chi connectivity index (χ0n) is 13.7. The van der Waals surface area contributed by atoms with E-state index in [4.69, 9.17) is 4.74 Å². The Morgan fingerprint density at radius 2 is 2.17 bits per heavy atom. The number of carbonyl (C=O) groups is 2. The van der Waals surface area contributed by atoms with Gasteiger partial charge in [0.05, 0.1) is 36.2 Å². The average Bonchev–Trinajstić information content (AvgIpc) is 2.46. The predicted octanol–water partition coefficient (Wildman–Crippen LogP) is 2.54. The summed E-state index contributed by atoms with van der Waals surface area (Å²) in [7, 11) is 1.68. The molecule has 2 rings (SSSR count). The summed E-state index contributed by atoms with van der Waals surface area (Å²) < 4.78 is 19.8. The molecule has 0 radical (unpaired) electrons. The Bertz CT molecular complexity index is 693. The van der Waals surface area contributed by atoms with Gasteiger partial charge in [0.25, 0.3) is 0 Å². The second-order valence-electron chi connectivity index (χ2n) is 5.38. The van der Waals surface area contributed by atoms with E-state index < -0.39 is 23.9 Å². The van der Waals surface area contributed by atoms with Gasteiger partial charge in [-0.3, -0.25) is 0 Å². The first-order chi connectivity index (χ1) is 11.3. The van der Waals surface area contributed by atoms with Gasteiger partial charge in [0.15, 0.2) is 0 Å². The van der Waals surface area contributed by atoms with Crippen molar-refractivity contribution in [3.63, 3.8) is 0 Å². The van der Waals surface area contributed by atoms with Crippen molar-refractivity contribution in [3.8, 4) is 0 Å². The van der Waals surface area contributed by atoms with Gasteiger partial charge in [-0.05, 0) is 32.0 Å². The molecule has 0 aliphatic carbocycles. The summed E-state index contributed by atoms with van der Waals surface area (Å²) in [6, 6.07) is 3.80. The highest BCUT2D eigenvalue weighted by molar-refractivity contribution is 9.10. The number of urea groups is 1. The number of likely N-dealkylation sites (N-methyl/N-ethyl adjacent to an activating group) is 1. The lowest BCUT2D eigenvalue weighted by molar-refractivity contribution is -0.138. The van der Waals surface area contributed by atoms with Gasteiger partial charge in [0.2, 0.25) is 0 Å². The number of carbonyl (C=O) groups excluding carboxylic acids is 2. The Balaban J connectivity index is 2.32. The summed E-state index contributed by atoms with van der Waals surface area (Å²) in [5.74, 6) is -0.907. The molecule has 0 fully saturated rings. The molecule has 24 heavy (non-hydrogen) atoms. The summed E-state index contributed by atoms with van der Waals surface area (Å²) in [6.07, 6.45) is 0. The summed E-state index contributed by atoms with van der Waals surface area (Å²) in [5, 5.41) is 5.25. The van der Waals surface area contributed by atoms with E-state index in [1.165, 1.54) is 6.07 Å². The van der Waals surface area contributed by atoms with Crippen molar-refractivity contribution in [2.45, 2.75) is 19.9 Å². The normalized spacial score (nSPS) is 17.2. The number of hydrogen-bond acceptors (Lipinski definition) is 4. The fourth-order valence-electron chi connectivity index (χ4n) is 2.52. The van der Waals surface area contributed by atoms with E-state index >= 15 is 0 Å². The van der Waals surface area contributed by atoms with Gasteiger partial charge < -0.3 is 20.3 Å². The molecular weight excluding hydrogens is 381 g/mol. The van der Waals surface area contributed by atoms with Crippen LogP contribution in [-0.2, 0) is 9.53 Å². The molecule has 0 spiro atoms. The number of rotatable bonds is 5. The van der Waals surface area contributed by atoms with E-state index in [1.807, 2.05) is 0 Å². The van der Waals surface area contributed by atoms with Gasteiger partial charge in [-0.25, -0.2) is 14.0 Å². The van der Waals surface area contributed by atoms with Crippen molar-refractivity contribution < 1.29 is 18.7 Å². The van der Waals surface area contributed by atoms with Crippen molar-refractivity contribution in [1.29, 1.82) is 0 Å². The molecule has 6 nitrogen and oxygen atoms in total. The molecule has 0 saturated carbocycles. The average molecular weight is 400 g/mol. The molecule has 0 aromatic heterocycles. The van der Waals surface area contributed by atoms with Crippen molar-refractivity contribution in [2.24, 2.45) is 0 Å². The van der Waals surface area contributed by atoms with Crippen LogP contribution in [0.3, 0.4) is 0 Å². The Kier molecular flexibility index (Phi) is 5.82.